The lowest BCUT2D eigenvalue weighted by molar-refractivity contribution is -0.147. The van der Waals surface area contributed by atoms with Crippen molar-refractivity contribution in [2.24, 2.45) is 64.0 Å². The van der Waals surface area contributed by atoms with Gasteiger partial charge in [-0.2, -0.15) is 0 Å². The molecule has 2 fully saturated rings. The lowest BCUT2D eigenvalue weighted by atomic mass is 9.96. The van der Waals surface area contributed by atoms with Crippen LogP contribution in [0, 0.1) is 29.6 Å². The lowest BCUT2D eigenvalue weighted by Gasteiger charge is -2.31. The Balaban J connectivity index is 1.79. The number of primary amides is 3. The topological polar surface area (TPSA) is 895 Å². The van der Waals surface area contributed by atoms with E-state index in [1.165, 1.54) is 60.3 Å². The number of carbonyl (C=O) groups is 25. The summed E-state index contributed by atoms with van der Waals surface area (Å²) in [5.74, 6) is -30.7. The maximum atomic E-state index is 14.8. The van der Waals surface area contributed by atoms with E-state index in [9.17, 15) is 145 Å². The molecule has 2 heterocycles. The molecule has 0 spiro atoms. The largest absolute Gasteiger partial charge is 0.481 e. The van der Waals surface area contributed by atoms with Crippen LogP contribution in [0.5, 0.6) is 0 Å². The minimum Gasteiger partial charge on any atom is -0.481 e. The summed E-state index contributed by atoms with van der Waals surface area (Å²) in [6, 6.07) is -20.1. The molecule has 0 aliphatic carbocycles. The lowest BCUT2D eigenvalue weighted by Crippen LogP contribution is -2.63. The first-order valence-electron chi connectivity index (χ1n) is 49.6. The number of nitrogens with two attached hydrogens (primary N) is 6. The number of aliphatic hydroxyl groups is 2. The van der Waals surface area contributed by atoms with Crippen molar-refractivity contribution in [3.05, 3.63) is 35.9 Å². The number of likely N-dealkylation sites (tertiary alicyclic amines) is 2. The normalized spacial score (nSPS) is 17.1. The van der Waals surface area contributed by atoms with Crippen LogP contribution in [0.3, 0.4) is 0 Å². The van der Waals surface area contributed by atoms with Crippen LogP contribution in [-0.2, 0) is 126 Å². The summed E-state index contributed by atoms with van der Waals surface area (Å²) in [5, 5.41) is 91.3. The molecule has 0 saturated carbocycles. The van der Waals surface area contributed by atoms with E-state index < -0.39 is 344 Å². The fourth-order valence-corrected chi connectivity index (χ4v) is 15.9. The van der Waals surface area contributed by atoms with Crippen LogP contribution in [0.4, 0.5) is 0 Å². The minimum absolute atomic E-state index is 0.0320. The smallest absolute Gasteiger partial charge is 0.326 e. The molecule has 21 atom stereocenters. The highest BCUT2D eigenvalue weighted by Gasteiger charge is 2.46. The third-order valence-corrected chi connectivity index (χ3v) is 24.7. The molecule has 0 radical (unpaired) electrons. The van der Waals surface area contributed by atoms with Gasteiger partial charge >= 0.3 is 17.9 Å². The molecule has 55 nitrogen and oxygen atoms in total. The minimum atomic E-state index is -1.98. The average molecular weight is 2110 g/mol. The molecule has 149 heavy (non-hydrogen) atoms. The molecule has 0 aromatic heterocycles. The van der Waals surface area contributed by atoms with Gasteiger partial charge in [-0.1, -0.05) is 106 Å². The summed E-state index contributed by atoms with van der Waals surface area (Å²) in [5.41, 5.74) is 34.0. The third kappa shape index (κ3) is 44.0. The summed E-state index contributed by atoms with van der Waals surface area (Å²) in [6.07, 6.45) is -6.80. The highest BCUT2D eigenvalue weighted by atomic mass is 16.4. The summed E-state index contributed by atoms with van der Waals surface area (Å²) in [7, 11) is 0. The Bertz CT molecular complexity index is 4830. The molecule has 22 amide bonds. The number of carboxylic acids is 3. The number of hydrogen-bond acceptors (Lipinski definition) is 30. The number of unbranched alkanes of at least 4 members (excludes halogenated alkanes) is 2. The van der Waals surface area contributed by atoms with Crippen molar-refractivity contribution in [2.45, 2.75) is 333 Å². The number of carboxylic acid groups (broad SMARTS) is 3. The van der Waals surface area contributed by atoms with Gasteiger partial charge in [0, 0.05) is 32.4 Å². The second-order valence-electron chi connectivity index (χ2n) is 38.4. The summed E-state index contributed by atoms with van der Waals surface area (Å²) >= 11 is 0. The number of amides is 22. The molecule has 34 N–H and O–H groups in total. The molecule has 3 rings (SSSR count). The van der Waals surface area contributed by atoms with Crippen LogP contribution in [0.15, 0.2) is 30.3 Å². The van der Waals surface area contributed by atoms with Gasteiger partial charge in [-0.25, -0.2) is 4.79 Å². The number of benzene rings is 1. The molecule has 834 valence electrons. The SMILES string of the molecule is CC[C@H](C)[C@H](NC(=O)[C@H](CC(N)=O)NC(=O)[C@@H](NC(=O)[C@@H](NC(=O)[C@@H](N)CCC(N)=O)[C@@H](C)O)C(C)C)C(=O)N[C@H](C(=O)N[C@@H](C)C(=O)NCC(=O)N[C@@H](Cc1ccccc1)C(=O)N1CCC[C@H]1C(=O)N[C@H](C(=O)N[C@H](C(=O)NCC(=O)N[C@@H](CCC(N)=O)C(=O)N[C@@H](CCCCN)C(=O)N[C@@H](CC(=O)O)C(=O)N[C@@H](CCCCN)C(=O)N1CCC[C@H]1C(=O)N[C@H](C(=O)N[C@@H](CC(=O)O)C(=O)O)C(C)C)C(C)C)C(C)C)[C@@H](C)O. The predicted molar refractivity (Wildman–Crippen MR) is 529 cm³/mol. The number of carbonyl (C=O) groups excluding carboxylic acids is 22. The van der Waals surface area contributed by atoms with E-state index in [1.54, 1.807) is 51.1 Å². The first-order chi connectivity index (χ1) is 69.8. The number of nitrogens with zero attached hydrogens (tertiary/aromatic N) is 2. The maximum Gasteiger partial charge on any atom is 0.326 e. The predicted octanol–water partition coefficient (Wildman–Crippen LogP) is -9.81. The van der Waals surface area contributed by atoms with Crippen LogP contribution in [0.2, 0.25) is 0 Å². The van der Waals surface area contributed by atoms with Crippen molar-refractivity contribution in [2.75, 3.05) is 39.3 Å². The molecule has 2 aliphatic rings. The first kappa shape index (κ1) is 129. The fourth-order valence-electron chi connectivity index (χ4n) is 15.9. The summed E-state index contributed by atoms with van der Waals surface area (Å²) in [4.78, 5) is 341. The van der Waals surface area contributed by atoms with E-state index >= 15 is 0 Å². The molecule has 2 saturated heterocycles. The summed E-state index contributed by atoms with van der Waals surface area (Å²) < 4.78 is 0. The van der Waals surface area contributed by atoms with E-state index in [0.29, 0.717) is 12.0 Å². The van der Waals surface area contributed by atoms with Crippen LogP contribution in [-0.4, -0.2) is 343 Å². The Hall–Kier alpha value is -14.2. The number of aliphatic hydroxyl groups excluding tert-OH is 2. The zero-order valence-corrected chi connectivity index (χ0v) is 86.3. The molecule has 0 unspecified atom stereocenters. The van der Waals surface area contributed by atoms with E-state index in [2.05, 4.69) is 90.4 Å². The van der Waals surface area contributed by atoms with E-state index in [0.717, 1.165) is 18.7 Å². The van der Waals surface area contributed by atoms with E-state index in [-0.39, 0.29) is 110 Å². The number of rotatable bonds is 67. The van der Waals surface area contributed by atoms with Gasteiger partial charge in [0.25, 0.3) is 0 Å². The van der Waals surface area contributed by atoms with Gasteiger partial charge in [0.1, 0.15) is 103 Å². The molecule has 1 aromatic carbocycles. The van der Waals surface area contributed by atoms with E-state index in [4.69, 9.17) is 34.4 Å². The highest BCUT2D eigenvalue weighted by molar-refractivity contribution is 6.03. The quantitative estimate of drug-likeness (QED) is 0.0269. The van der Waals surface area contributed by atoms with Crippen molar-refractivity contribution in [3.8, 4) is 0 Å². The van der Waals surface area contributed by atoms with Crippen LogP contribution >= 0.6 is 0 Å². The van der Waals surface area contributed by atoms with Crippen LogP contribution in [0.25, 0.3) is 0 Å². The second kappa shape index (κ2) is 64.1. The molecule has 55 heteroatoms. The van der Waals surface area contributed by atoms with Gasteiger partial charge in [-0.05, 0) is 146 Å². The molecular weight excluding hydrogens is 1960 g/mol. The van der Waals surface area contributed by atoms with Crippen LogP contribution < -0.4 is 125 Å². The highest BCUT2D eigenvalue weighted by Crippen LogP contribution is 2.25. The summed E-state index contributed by atoms with van der Waals surface area (Å²) in [6.45, 7) is 17.1. The molecule has 0 bridgehead atoms. The van der Waals surface area contributed by atoms with Gasteiger partial charge < -0.3 is 160 Å². The number of nitrogens with one attached hydrogen (secondary N) is 17. The van der Waals surface area contributed by atoms with Gasteiger partial charge in [-0.3, -0.25) is 115 Å². The third-order valence-electron chi connectivity index (χ3n) is 24.7. The zero-order valence-electron chi connectivity index (χ0n) is 86.3. The maximum absolute atomic E-state index is 14.8. The second-order valence-corrected chi connectivity index (χ2v) is 38.4. The molecular formula is C94H153N25O30. The number of hydrogen-bond donors (Lipinski definition) is 28. The standard InChI is InChI=1S/C94H153N25O30/c1-14-48(10)74(115-82(136)57(39-65(100)124)109-86(140)72(46(6)7)114-91(145)76(51(13)121)116-78(132)53(97)30-32-63(98)122)89(143)117-75(50(12)120)90(144)103-49(11)77(131)101-42-67(126)105-59(38-52-24-16-15-17-25-52)93(147)119-37-23-29-62(119)84(138)112-73(47(8)9)88(142)113-70(44(2)3)85(139)102-43-66(125)104-55(31-33-64(99)123)80(134)106-54(26-18-20-34-95)79(133)108-58(40-68(127)128)81(135)107-56(27-19-21-35-96)92(146)118-36-22-28-61(118)83(137)111-71(45(4)5)87(141)110-60(94(148)149)41-69(129)130/h15-17,24-25,44-51,53-62,70-76,120-121H,14,18-23,26-43,95-97H2,1-13H3,(H2,98,122)(H2,99,123)(H2,100,124)(H,101,131)(H,102,139)(H,103,144)(H,104,125)(H,105,126)(H,106,134)(H,107,135)(H,108,133)(H,109,140)(H,110,141)(H,111,137)(H,112,138)(H,113,142)(H,114,145)(H,115,136)(H,116,132)(H,117,143)(H,127,128)(H,129,130)(H,148,149)/t48-,49-,50+,51+,53-,54-,55-,56-,57-,58-,59-,60-,61-,62-,70-,71-,72-,73-,74-,75-,76-/m0/s1. The Morgan fingerprint density at radius 2 is 0.705 bits per heavy atom. The Labute approximate surface area is 861 Å². The van der Waals surface area contributed by atoms with Gasteiger partial charge in [0.15, 0.2) is 0 Å². The monoisotopic (exact) mass is 2110 g/mol. The molecule has 1 aromatic rings. The Kier molecular flexibility index (Phi) is 55.5. The van der Waals surface area contributed by atoms with Crippen molar-refractivity contribution < 1.29 is 145 Å². The van der Waals surface area contributed by atoms with Crippen molar-refractivity contribution in [1.29, 1.82) is 0 Å². The van der Waals surface area contributed by atoms with Crippen LogP contribution in [0.1, 0.15) is 211 Å². The van der Waals surface area contributed by atoms with Crippen molar-refractivity contribution in [1.82, 2.24) is 100 Å². The van der Waals surface area contributed by atoms with Gasteiger partial charge in [-0.15, -0.1) is 0 Å². The Morgan fingerprint density at radius 3 is 1.15 bits per heavy atom. The van der Waals surface area contributed by atoms with Crippen molar-refractivity contribution >= 4 is 148 Å². The average Bonchev–Trinajstić information content (AvgIpc) is 1.70. The van der Waals surface area contributed by atoms with Crippen molar-refractivity contribution in [3.63, 3.8) is 0 Å². The Morgan fingerprint density at radius 1 is 0.356 bits per heavy atom. The molecule has 2 aliphatic heterocycles. The van der Waals surface area contributed by atoms with Gasteiger partial charge in [0.05, 0.1) is 50.6 Å². The fraction of sp³-hybridized carbons (Fsp3) is 0.670. The van der Waals surface area contributed by atoms with Gasteiger partial charge in [0.2, 0.25) is 130 Å². The number of aliphatic carboxylic acids is 3. The first-order valence-corrected chi connectivity index (χ1v) is 49.6. The van der Waals surface area contributed by atoms with E-state index in [1.807, 2.05) is 0 Å². The zero-order chi connectivity index (χ0) is 113.